The molecule has 5 heteroatoms. The van der Waals surface area contributed by atoms with E-state index in [-0.39, 0.29) is 11.7 Å². The molecule has 1 aromatic heterocycles. The molecule has 2 aromatic rings. The number of hydrogen-bond donors (Lipinski definition) is 0. The molecule has 0 spiro atoms. The number of halogens is 1. The summed E-state index contributed by atoms with van der Waals surface area (Å²) in [6, 6.07) is 8.47. The van der Waals surface area contributed by atoms with Gasteiger partial charge in [0.05, 0.1) is 5.54 Å². The van der Waals surface area contributed by atoms with Crippen LogP contribution in [0.5, 0.6) is 0 Å². The SMILES string of the molecule is Cc1ccnc([C@@]2(C)CCCN2C(=O)CCc2ccccc2F)n1. The highest BCUT2D eigenvalue weighted by molar-refractivity contribution is 5.77. The molecule has 2 heterocycles. The summed E-state index contributed by atoms with van der Waals surface area (Å²) in [7, 11) is 0. The Morgan fingerprint density at radius 3 is 2.88 bits per heavy atom. The van der Waals surface area contributed by atoms with Crippen molar-refractivity contribution < 1.29 is 9.18 Å². The normalized spacial score (nSPS) is 20.4. The molecular weight excluding hydrogens is 305 g/mol. The number of likely N-dealkylation sites (tertiary alicyclic amines) is 1. The Morgan fingerprint density at radius 2 is 2.12 bits per heavy atom. The minimum atomic E-state index is -0.474. The molecule has 3 rings (SSSR count). The molecular formula is C19H22FN3O. The van der Waals surface area contributed by atoms with Gasteiger partial charge in [0.25, 0.3) is 0 Å². The number of benzene rings is 1. The van der Waals surface area contributed by atoms with Gasteiger partial charge in [-0.3, -0.25) is 4.79 Å². The van der Waals surface area contributed by atoms with Crippen LogP contribution in [0.25, 0.3) is 0 Å². The fourth-order valence-electron chi connectivity index (χ4n) is 3.38. The van der Waals surface area contributed by atoms with Crippen LogP contribution in [0.15, 0.2) is 36.5 Å². The van der Waals surface area contributed by atoms with Gasteiger partial charge in [0.15, 0.2) is 5.82 Å². The number of amides is 1. The van der Waals surface area contributed by atoms with E-state index < -0.39 is 5.54 Å². The quantitative estimate of drug-likeness (QED) is 0.865. The van der Waals surface area contributed by atoms with Crippen LogP contribution < -0.4 is 0 Å². The third-order valence-corrected chi connectivity index (χ3v) is 4.78. The molecule has 4 nitrogen and oxygen atoms in total. The highest BCUT2D eigenvalue weighted by Gasteiger charge is 2.43. The predicted octanol–water partition coefficient (Wildman–Crippen LogP) is 3.39. The van der Waals surface area contributed by atoms with Gasteiger partial charge in [-0.1, -0.05) is 18.2 Å². The maximum Gasteiger partial charge on any atom is 0.223 e. The van der Waals surface area contributed by atoms with Crippen LogP contribution in [0.3, 0.4) is 0 Å². The average Bonchev–Trinajstić information content (AvgIpc) is 2.97. The van der Waals surface area contributed by atoms with Crippen LogP contribution in [0.4, 0.5) is 4.39 Å². The minimum absolute atomic E-state index is 0.0309. The van der Waals surface area contributed by atoms with E-state index in [2.05, 4.69) is 9.97 Å². The van der Waals surface area contributed by atoms with Gasteiger partial charge in [-0.15, -0.1) is 0 Å². The van der Waals surface area contributed by atoms with Crippen molar-refractivity contribution in [3.63, 3.8) is 0 Å². The van der Waals surface area contributed by atoms with E-state index in [4.69, 9.17) is 0 Å². The largest absolute Gasteiger partial charge is 0.330 e. The molecule has 1 aliphatic rings. The monoisotopic (exact) mass is 327 g/mol. The summed E-state index contributed by atoms with van der Waals surface area (Å²) in [5, 5.41) is 0. The highest BCUT2D eigenvalue weighted by Crippen LogP contribution is 2.37. The lowest BCUT2D eigenvalue weighted by atomic mass is 9.96. The zero-order valence-electron chi connectivity index (χ0n) is 14.1. The molecule has 126 valence electrons. The summed E-state index contributed by atoms with van der Waals surface area (Å²) >= 11 is 0. The van der Waals surface area contributed by atoms with Gasteiger partial charge in [0.2, 0.25) is 5.91 Å². The first kappa shape index (κ1) is 16.6. The van der Waals surface area contributed by atoms with Crippen LogP contribution in [0.1, 0.15) is 43.3 Å². The summed E-state index contributed by atoms with van der Waals surface area (Å²) in [5.41, 5.74) is 1.00. The maximum atomic E-state index is 13.7. The van der Waals surface area contributed by atoms with Crippen molar-refractivity contribution in [2.75, 3.05) is 6.54 Å². The summed E-state index contributed by atoms with van der Waals surface area (Å²) in [6.07, 6.45) is 4.22. The van der Waals surface area contributed by atoms with Crippen molar-refractivity contribution in [3.8, 4) is 0 Å². The zero-order valence-corrected chi connectivity index (χ0v) is 14.1. The van der Waals surface area contributed by atoms with Crippen molar-refractivity contribution in [1.82, 2.24) is 14.9 Å². The van der Waals surface area contributed by atoms with Crippen LogP contribution in [0.2, 0.25) is 0 Å². The molecule has 0 bridgehead atoms. The van der Waals surface area contributed by atoms with Crippen molar-refractivity contribution in [1.29, 1.82) is 0 Å². The Bertz CT molecular complexity index is 749. The lowest BCUT2D eigenvalue weighted by molar-refractivity contribution is -0.135. The third kappa shape index (κ3) is 3.16. The average molecular weight is 327 g/mol. The molecule has 1 aromatic carbocycles. The van der Waals surface area contributed by atoms with E-state index in [1.807, 2.05) is 24.8 Å². The van der Waals surface area contributed by atoms with Gasteiger partial charge in [-0.2, -0.15) is 0 Å². The second kappa shape index (κ2) is 6.67. The smallest absolute Gasteiger partial charge is 0.223 e. The van der Waals surface area contributed by atoms with Gasteiger partial charge in [-0.05, 0) is 50.8 Å². The molecule has 1 amide bonds. The van der Waals surface area contributed by atoms with Gasteiger partial charge >= 0.3 is 0 Å². The topological polar surface area (TPSA) is 46.1 Å². The lowest BCUT2D eigenvalue weighted by Gasteiger charge is -2.34. The standard InChI is InChI=1S/C19H22FN3O/c1-14-10-12-21-18(22-14)19(2)11-5-13-23(19)17(24)9-8-15-6-3-4-7-16(15)20/h3-4,6-7,10,12H,5,8-9,11,13H2,1-2H3/t19-/m1/s1. The summed E-state index contributed by atoms with van der Waals surface area (Å²) in [6.45, 7) is 4.65. The minimum Gasteiger partial charge on any atom is -0.330 e. The first-order chi connectivity index (χ1) is 11.5. The van der Waals surface area contributed by atoms with E-state index >= 15 is 0 Å². The van der Waals surface area contributed by atoms with Gasteiger partial charge in [0.1, 0.15) is 5.82 Å². The summed E-state index contributed by atoms with van der Waals surface area (Å²) in [5.74, 6) is 0.471. The Labute approximate surface area is 141 Å². The molecule has 0 unspecified atom stereocenters. The summed E-state index contributed by atoms with van der Waals surface area (Å²) in [4.78, 5) is 23.5. The predicted molar refractivity (Wildman–Crippen MR) is 89.8 cm³/mol. The molecule has 1 aliphatic heterocycles. The van der Waals surface area contributed by atoms with Gasteiger partial charge in [-0.25, -0.2) is 14.4 Å². The Kier molecular flexibility index (Phi) is 4.60. The Morgan fingerprint density at radius 1 is 1.33 bits per heavy atom. The molecule has 0 aliphatic carbocycles. The number of aryl methyl sites for hydroxylation is 2. The fraction of sp³-hybridized carbons (Fsp3) is 0.421. The van der Waals surface area contributed by atoms with Crippen LogP contribution in [-0.2, 0) is 16.8 Å². The Hall–Kier alpha value is -2.30. The number of carbonyl (C=O) groups excluding carboxylic acids is 1. The van der Waals surface area contributed by atoms with Crippen molar-refractivity contribution in [2.24, 2.45) is 0 Å². The number of aromatic nitrogens is 2. The first-order valence-electron chi connectivity index (χ1n) is 8.35. The number of hydrogen-bond acceptors (Lipinski definition) is 3. The van der Waals surface area contributed by atoms with Crippen LogP contribution >= 0.6 is 0 Å². The van der Waals surface area contributed by atoms with Crippen LogP contribution in [-0.4, -0.2) is 27.3 Å². The molecule has 0 N–H and O–H groups in total. The van der Waals surface area contributed by atoms with Crippen molar-refractivity contribution in [3.05, 3.63) is 59.4 Å². The zero-order chi connectivity index (χ0) is 17.2. The fourth-order valence-corrected chi connectivity index (χ4v) is 3.38. The van der Waals surface area contributed by atoms with E-state index in [1.54, 1.807) is 24.4 Å². The molecule has 1 saturated heterocycles. The summed E-state index contributed by atoms with van der Waals surface area (Å²) < 4.78 is 13.7. The first-order valence-corrected chi connectivity index (χ1v) is 8.35. The molecule has 1 atom stereocenters. The van der Waals surface area contributed by atoms with Crippen molar-refractivity contribution in [2.45, 2.75) is 45.1 Å². The van der Waals surface area contributed by atoms with Crippen molar-refractivity contribution >= 4 is 5.91 Å². The van der Waals surface area contributed by atoms with E-state index in [9.17, 15) is 9.18 Å². The third-order valence-electron chi connectivity index (χ3n) is 4.78. The second-order valence-electron chi connectivity index (χ2n) is 6.54. The van der Waals surface area contributed by atoms with Gasteiger partial charge < -0.3 is 4.90 Å². The second-order valence-corrected chi connectivity index (χ2v) is 6.54. The van der Waals surface area contributed by atoms with E-state index in [0.29, 0.717) is 30.8 Å². The lowest BCUT2D eigenvalue weighted by Crippen LogP contribution is -2.44. The number of nitrogens with zero attached hydrogens (tertiary/aromatic N) is 3. The maximum absolute atomic E-state index is 13.7. The Balaban J connectivity index is 1.75. The number of rotatable bonds is 4. The van der Waals surface area contributed by atoms with Gasteiger partial charge in [0, 0.05) is 24.9 Å². The molecule has 0 saturated carbocycles. The molecule has 24 heavy (non-hydrogen) atoms. The molecule has 0 radical (unpaired) electrons. The number of carbonyl (C=O) groups is 1. The molecule has 1 fully saturated rings. The van der Waals surface area contributed by atoms with Crippen LogP contribution in [0, 0.1) is 12.7 Å². The highest BCUT2D eigenvalue weighted by atomic mass is 19.1. The van der Waals surface area contributed by atoms with E-state index in [1.165, 1.54) is 6.07 Å². The van der Waals surface area contributed by atoms with E-state index in [0.717, 1.165) is 18.5 Å².